The average molecular weight is 425 g/mol. The monoisotopic (exact) mass is 424 g/mol. The molecule has 0 aliphatic carbocycles. The van der Waals surface area contributed by atoms with E-state index in [1.54, 1.807) is 6.07 Å². The molecule has 0 unspecified atom stereocenters. The van der Waals surface area contributed by atoms with Gasteiger partial charge in [0.1, 0.15) is 12.4 Å². The first-order valence-electron chi connectivity index (χ1n) is 9.16. The molecule has 0 amide bonds. The summed E-state index contributed by atoms with van der Waals surface area (Å²) in [7, 11) is 0. The number of H-pyrrole nitrogens is 1. The molecule has 0 saturated carbocycles. The summed E-state index contributed by atoms with van der Waals surface area (Å²) in [4.78, 5) is 0. The molecule has 0 bridgehead atoms. The fraction of sp³-hybridized carbons (Fsp3) is 0.136. The minimum Gasteiger partial charge on any atom is -0.487 e. The molecular weight excluding hydrogens is 407 g/mol. The molecule has 3 aromatic carbocycles. The molecular formula is C22H18Cl2N4O. The van der Waals surface area contributed by atoms with E-state index in [4.69, 9.17) is 27.9 Å². The number of benzene rings is 3. The van der Waals surface area contributed by atoms with Gasteiger partial charge in [-0.15, -0.1) is 10.2 Å². The van der Waals surface area contributed by atoms with E-state index in [9.17, 15) is 0 Å². The van der Waals surface area contributed by atoms with Gasteiger partial charge in [-0.3, -0.25) is 0 Å². The molecule has 1 aromatic heterocycles. The van der Waals surface area contributed by atoms with Crippen LogP contribution in [0.4, 0.5) is 0 Å². The summed E-state index contributed by atoms with van der Waals surface area (Å²) in [6, 6.07) is 21.7. The Morgan fingerprint density at radius 3 is 2.38 bits per heavy atom. The Kier molecular flexibility index (Phi) is 6.08. The third-order valence-electron chi connectivity index (χ3n) is 4.55. The van der Waals surface area contributed by atoms with Crippen molar-refractivity contribution in [2.75, 3.05) is 0 Å². The minimum atomic E-state index is 0.453. The number of tetrazole rings is 1. The Hall–Kier alpha value is -2.89. The summed E-state index contributed by atoms with van der Waals surface area (Å²) in [5.41, 5.74) is 4.17. The van der Waals surface area contributed by atoms with E-state index in [2.05, 4.69) is 32.8 Å². The van der Waals surface area contributed by atoms with Crippen LogP contribution in [0.1, 0.15) is 16.7 Å². The van der Waals surface area contributed by atoms with Gasteiger partial charge in [-0.1, -0.05) is 77.8 Å². The maximum Gasteiger partial charge on any atom is 0.204 e. The summed E-state index contributed by atoms with van der Waals surface area (Å²) < 4.78 is 6.05. The van der Waals surface area contributed by atoms with E-state index >= 15 is 0 Å². The molecule has 0 fully saturated rings. The van der Waals surface area contributed by atoms with Crippen LogP contribution in [-0.4, -0.2) is 20.6 Å². The number of nitrogens with one attached hydrogen (secondary N) is 1. The Morgan fingerprint density at radius 2 is 1.66 bits per heavy atom. The van der Waals surface area contributed by atoms with Gasteiger partial charge in [-0.25, -0.2) is 0 Å². The van der Waals surface area contributed by atoms with E-state index < -0.39 is 0 Å². The topological polar surface area (TPSA) is 63.7 Å². The van der Waals surface area contributed by atoms with Gasteiger partial charge in [0.05, 0.1) is 5.02 Å². The number of aryl methyl sites for hydroxylation is 2. The smallest absolute Gasteiger partial charge is 0.204 e. The summed E-state index contributed by atoms with van der Waals surface area (Å²) in [5.74, 6) is 1.26. The van der Waals surface area contributed by atoms with E-state index in [0.717, 1.165) is 29.5 Å². The highest BCUT2D eigenvalue weighted by Gasteiger charge is 2.12. The van der Waals surface area contributed by atoms with Gasteiger partial charge < -0.3 is 4.74 Å². The second kappa shape index (κ2) is 9.07. The number of halogens is 2. The number of hydrogen-bond acceptors (Lipinski definition) is 4. The van der Waals surface area contributed by atoms with Crippen LogP contribution in [0.15, 0.2) is 66.7 Å². The molecule has 0 aliphatic heterocycles. The fourth-order valence-electron chi connectivity index (χ4n) is 3.07. The third kappa shape index (κ3) is 4.94. The molecule has 4 rings (SSSR count). The SMILES string of the molecule is Clc1cc(Cl)c(OCc2ccccc2)c(CCc2ccc(-c3nn[nH]n3)cc2)c1. The van der Waals surface area contributed by atoms with Crippen molar-refractivity contribution in [3.63, 3.8) is 0 Å². The van der Waals surface area contributed by atoms with Crippen molar-refractivity contribution in [1.29, 1.82) is 0 Å². The lowest BCUT2D eigenvalue weighted by atomic mass is 10.0. The quantitative estimate of drug-likeness (QED) is 0.423. The van der Waals surface area contributed by atoms with E-state index in [1.165, 1.54) is 5.56 Å². The standard InChI is InChI=1S/C22H18Cl2N4O/c23-19-12-18(21(20(24)13-19)29-14-16-4-2-1-3-5-16)11-8-15-6-9-17(10-7-15)22-25-27-28-26-22/h1-7,9-10,12-13H,8,11,14H2,(H,25,26,27,28). The molecule has 29 heavy (non-hydrogen) atoms. The van der Waals surface area contributed by atoms with Gasteiger partial charge in [-0.2, -0.15) is 5.21 Å². The van der Waals surface area contributed by atoms with Crippen molar-refractivity contribution in [3.8, 4) is 17.1 Å². The minimum absolute atomic E-state index is 0.453. The number of hydrogen-bond donors (Lipinski definition) is 1. The predicted molar refractivity (Wildman–Crippen MR) is 114 cm³/mol. The van der Waals surface area contributed by atoms with E-state index in [1.807, 2.05) is 48.5 Å². The molecule has 146 valence electrons. The molecule has 4 aromatic rings. The van der Waals surface area contributed by atoms with E-state index in [-0.39, 0.29) is 0 Å². The van der Waals surface area contributed by atoms with Gasteiger partial charge in [0.15, 0.2) is 0 Å². The van der Waals surface area contributed by atoms with Crippen LogP contribution in [0.3, 0.4) is 0 Å². The predicted octanol–water partition coefficient (Wildman–Crippen LogP) is 5.54. The Balaban J connectivity index is 1.47. The Bertz CT molecular complexity index is 1070. The first-order valence-corrected chi connectivity index (χ1v) is 9.92. The molecule has 0 saturated heterocycles. The van der Waals surface area contributed by atoms with Crippen molar-refractivity contribution >= 4 is 23.2 Å². The Morgan fingerprint density at radius 1 is 0.862 bits per heavy atom. The second-order valence-electron chi connectivity index (χ2n) is 6.58. The van der Waals surface area contributed by atoms with E-state index in [0.29, 0.717) is 28.2 Å². The maximum absolute atomic E-state index is 6.43. The van der Waals surface area contributed by atoms with Crippen LogP contribution in [0, 0.1) is 0 Å². The number of aromatic amines is 1. The summed E-state index contributed by atoms with van der Waals surface area (Å²) in [5, 5.41) is 15.2. The second-order valence-corrected chi connectivity index (χ2v) is 7.43. The van der Waals surface area contributed by atoms with Crippen molar-refractivity contribution in [1.82, 2.24) is 20.6 Å². The van der Waals surface area contributed by atoms with Crippen LogP contribution in [0.2, 0.25) is 10.0 Å². The Labute approximate surface area is 178 Å². The summed E-state index contributed by atoms with van der Waals surface area (Å²) in [6.45, 7) is 0.453. The molecule has 1 N–H and O–H groups in total. The molecule has 7 heteroatoms. The van der Waals surface area contributed by atoms with Gasteiger partial charge in [0, 0.05) is 10.6 Å². The highest BCUT2D eigenvalue weighted by Crippen LogP contribution is 2.34. The molecule has 0 spiro atoms. The zero-order chi connectivity index (χ0) is 20.1. The molecule has 0 atom stereocenters. The third-order valence-corrected chi connectivity index (χ3v) is 5.05. The van der Waals surface area contributed by atoms with Gasteiger partial charge in [0.2, 0.25) is 5.82 Å². The first kappa shape index (κ1) is 19.4. The van der Waals surface area contributed by atoms with Crippen LogP contribution in [0.25, 0.3) is 11.4 Å². The number of aromatic nitrogens is 4. The lowest BCUT2D eigenvalue weighted by Gasteiger charge is -2.14. The van der Waals surface area contributed by atoms with Gasteiger partial charge in [-0.05, 0) is 46.9 Å². The largest absolute Gasteiger partial charge is 0.487 e. The fourth-order valence-corrected chi connectivity index (χ4v) is 3.66. The molecule has 1 heterocycles. The van der Waals surface area contributed by atoms with Crippen molar-refractivity contribution < 1.29 is 4.74 Å². The summed E-state index contributed by atoms with van der Waals surface area (Å²) in [6.07, 6.45) is 1.58. The van der Waals surface area contributed by atoms with Crippen LogP contribution in [-0.2, 0) is 19.4 Å². The van der Waals surface area contributed by atoms with Crippen molar-refractivity contribution in [2.24, 2.45) is 0 Å². The van der Waals surface area contributed by atoms with Crippen LogP contribution in [0.5, 0.6) is 5.75 Å². The highest BCUT2D eigenvalue weighted by molar-refractivity contribution is 6.35. The zero-order valence-corrected chi connectivity index (χ0v) is 17.0. The van der Waals surface area contributed by atoms with Crippen LogP contribution < -0.4 is 4.74 Å². The summed E-state index contributed by atoms with van der Waals surface area (Å²) >= 11 is 12.7. The first-order chi connectivity index (χ1) is 14.2. The average Bonchev–Trinajstić information content (AvgIpc) is 3.27. The van der Waals surface area contributed by atoms with Crippen molar-refractivity contribution in [3.05, 3.63) is 93.5 Å². The zero-order valence-electron chi connectivity index (χ0n) is 15.5. The number of ether oxygens (including phenoxy) is 1. The molecule has 5 nitrogen and oxygen atoms in total. The number of rotatable bonds is 7. The molecule has 0 radical (unpaired) electrons. The number of nitrogens with zero attached hydrogens (tertiary/aromatic N) is 3. The van der Waals surface area contributed by atoms with Gasteiger partial charge in [0.25, 0.3) is 0 Å². The van der Waals surface area contributed by atoms with Crippen LogP contribution >= 0.6 is 23.2 Å². The van der Waals surface area contributed by atoms with Crippen molar-refractivity contribution in [2.45, 2.75) is 19.4 Å². The van der Waals surface area contributed by atoms with Gasteiger partial charge >= 0.3 is 0 Å². The normalized spacial score (nSPS) is 10.8. The maximum atomic E-state index is 6.43. The molecule has 0 aliphatic rings. The lowest BCUT2D eigenvalue weighted by Crippen LogP contribution is -2.01. The highest BCUT2D eigenvalue weighted by atomic mass is 35.5. The lowest BCUT2D eigenvalue weighted by molar-refractivity contribution is 0.303.